The molecule has 2 aliphatic rings. The summed E-state index contributed by atoms with van der Waals surface area (Å²) >= 11 is 3.51. The zero-order valence-corrected chi connectivity index (χ0v) is 12.9. The summed E-state index contributed by atoms with van der Waals surface area (Å²) in [5, 5.41) is 6.14. The van der Waals surface area contributed by atoms with Crippen molar-refractivity contribution in [1.82, 2.24) is 5.32 Å². The monoisotopic (exact) mass is 331 g/mol. The molecule has 0 radical (unpaired) electrons. The summed E-state index contributed by atoms with van der Waals surface area (Å²) in [6.45, 7) is 0. The summed E-state index contributed by atoms with van der Waals surface area (Å²) < 4.78 is 7.34. The molecule has 2 unspecified atom stereocenters. The summed E-state index contributed by atoms with van der Waals surface area (Å²) in [4.78, 5) is 0. The van der Waals surface area contributed by atoms with Gasteiger partial charge in [-0.15, -0.1) is 0 Å². The van der Waals surface area contributed by atoms with Crippen molar-refractivity contribution in [2.75, 3.05) is 0 Å². The van der Waals surface area contributed by atoms with E-state index in [2.05, 4.69) is 57.6 Å². The highest BCUT2D eigenvalue weighted by molar-refractivity contribution is 9.10. The third-order valence-corrected chi connectivity index (χ3v) is 5.00. The van der Waals surface area contributed by atoms with Crippen LogP contribution in [0, 0.1) is 0 Å². The van der Waals surface area contributed by atoms with Crippen molar-refractivity contribution < 1.29 is 4.74 Å². The Kier molecular flexibility index (Phi) is 3.20. The second-order valence-corrected chi connectivity index (χ2v) is 6.92. The number of benzene rings is 2. The maximum Gasteiger partial charge on any atom is 0.120 e. The van der Waals surface area contributed by atoms with Crippen molar-refractivity contribution in [2.45, 2.75) is 43.9 Å². The van der Waals surface area contributed by atoms with Gasteiger partial charge in [-0.3, -0.25) is 0 Å². The van der Waals surface area contributed by atoms with Gasteiger partial charge in [-0.05, 0) is 60.7 Å². The third-order valence-electron chi connectivity index (χ3n) is 4.51. The minimum Gasteiger partial charge on any atom is -0.490 e. The molecule has 2 atom stereocenters. The molecule has 0 spiro atoms. The lowest BCUT2D eigenvalue weighted by atomic mass is 10.0. The SMILES string of the molecule is Brc1ccc2cc(OC3CC4CCC(C3)N4)ccc2c1. The third kappa shape index (κ3) is 2.45. The number of rotatable bonds is 2. The van der Waals surface area contributed by atoms with E-state index in [1.165, 1.54) is 23.6 Å². The molecule has 0 aromatic heterocycles. The maximum atomic E-state index is 6.22. The molecule has 3 heteroatoms. The molecule has 0 amide bonds. The maximum absolute atomic E-state index is 6.22. The van der Waals surface area contributed by atoms with Crippen molar-refractivity contribution in [1.29, 1.82) is 0 Å². The van der Waals surface area contributed by atoms with Crippen LogP contribution in [0.5, 0.6) is 5.75 Å². The van der Waals surface area contributed by atoms with Crippen LogP contribution in [0.2, 0.25) is 0 Å². The molecule has 2 aliphatic heterocycles. The van der Waals surface area contributed by atoms with Gasteiger partial charge in [-0.2, -0.15) is 0 Å². The Morgan fingerprint density at radius 3 is 2.45 bits per heavy atom. The fourth-order valence-corrected chi connectivity index (χ4v) is 3.94. The molecule has 2 nitrogen and oxygen atoms in total. The van der Waals surface area contributed by atoms with Gasteiger partial charge in [0.2, 0.25) is 0 Å². The fraction of sp³-hybridized carbons (Fsp3) is 0.412. The van der Waals surface area contributed by atoms with Crippen LogP contribution in [0.25, 0.3) is 10.8 Å². The summed E-state index contributed by atoms with van der Waals surface area (Å²) in [5.74, 6) is 1.01. The number of halogens is 1. The van der Waals surface area contributed by atoms with Crippen LogP contribution < -0.4 is 10.1 Å². The molecule has 1 N–H and O–H groups in total. The van der Waals surface area contributed by atoms with Gasteiger partial charge in [-0.25, -0.2) is 0 Å². The van der Waals surface area contributed by atoms with E-state index in [0.29, 0.717) is 18.2 Å². The van der Waals surface area contributed by atoms with Crippen molar-refractivity contribution in [2.24, 2.45) is 0 Å². The number of ether oxygens (including phenoxy) is 1. The van der Waals surface area contributed by atoms with Gasteiger partial charge in [0, 0.05) is 16.6 Å². The van der Waals surface area contributed by atoms with Crippen LogP contribution in [0.15, 0.2) is 40.9 Å². The molecule has 2 aromatic carbocycles. The first-order valence-corrected chi connectivity index (χ1v) is 8.17. The molecule has 0 saturated carbocycles. The van der Waals surface area contributed by atoms with E-state index in [-0.39, 0.29) is 0 Å². The molecule has 4 rings (SSSR count). The van der Waals surface area contributed by atoms with Gasteiger partial charge in [-0.1, -0.05) is 28.1 Å². The van der Waals surface area contributed by atoms with Crippen LogP contribution in [0.1, 0.15) is 25.7 Å². The first-order chi connectivity index (χ1) is 9.76. The molecule has 2 bridgehead atoms. The molecule has 104 valence electrons. The summed E-state index contributed by atoms with van der Waals surface area (Å²) in [7, 11) is 0. The van der Waals surface area contributed by atoms with Crippen LogP contribution in [-0.2, 0) is 0 Å². The average Bonchev–Trinajstić information content (AvgIpc) is 2.78. The Labute approximate surface area is 127 Å². The number of fused-ring (bicyclic) bond motifs is 3. The van der Waals surface area contributed by atoms with Gasteiger partial charge in [0.15, 0.2) is 0 Å². The molecule has 2 aromatic rings. The first-order valence-electron chi connectivity index (χ1n) is 7.38. The lowest BCUT2D eigenvalue weighted by molar-refractivity contribution is 0.137. The first kappa shape index (κ1) is 12.7. The highest BCUT2D eigenvalue weighted by Crippen LogP contribution is 2.31. The van der Waals surface area contributed by atoms with E-state index < -0.39 is 0 Å². The zero-order valence-electron chi connectivity index (χ0n) is 11.3. The Morgan fingerprint density at radius 1 is 0.950 bits per heavy atom. The Hall–Kier alpha value is -1.06. The molecule has 2 heterocycles. The minimum atomic E-state index is 0.377. The van der Waals surface area contributed by atoms with Gasteiger partial charge < -0.3 is 10.1 Å². The van der Waals surface area contributed by atoms with Crippen molar-refractivity contribution >= 4 is 26.7 Å². The highest BCUT2D eigenvalue weighted by Gasteiger charge is 2.34. The van der Waals surface area contributed by atoms with E-state index in [9.17, 15) is 0 Å². The lowest BCUT2D eigenvalue weighted by Gasteiger charge is -2.29. The Morgan fingerprint density at radius 2 is 1.65 bits per heavy atom. The average molecular weight is 332 g/mol. The fourth-order valence-electron chi connectivity index (χ4n) is 3.56. The zero-order chi connectivity index (χ0) is 13.5. The predicted molar refractivity (Wildman–Crippen MR) is 85.2 cm³/mol. The van der Waals surface area contributed by atoms with Gasteiger partial charge >= 0.3 is 0 Å². The molecule has 2 saturated heterocycles. The summed E-state index contributed by atoms with van der Waals surface area (Å²) in [6, 6.07) is 14.1. The normalized spacial score (nSPS) is 28.8. The number of hydrogen-bond acceptors (Lipinski definition) is 2. The Balaban J connectivity index is 1.55. The standard InChI is InChI=1S/C17H18BrNO/c18-13-3-1-12-8-16(6-2-11(12)7-13)20-17-9-14-4-5-15(10-17)19-14/h1-3,6-8,14-15,17,19H,4-5,9-10H2. The van der Waals surface area contributed by atoms with Crippen molar-refractivity contribution in [3.05, 3.63) is 40.9 Å². The summed E-state index contributed by atoms with van der Waals surface area (Å²) in [5.41, 5.74) is 0. The lowest BCUT2D eigenvalue weighted by Crippen LogP contribution is -2.42. The van der Waals surface area contributed by atoms with Gasteiger partial charge in [0.25, 0.3) is 0 Å². The predicted octanol–water partition coefficient (Wildman–Crippen LogP) is 4.26. The van der Waals surface area contributed by atoms with Crippen LogP contribution in [0.4, 0.5) is 0 Å². The molecular weight excluding hydrogens is 314 g/mol. The smallest absolute Gasteiger partial charge is 0.120 e. The van der Waals surface area contributed by atoms with E-state index in [1.807, 2.05) is 0 Å². The van der Waals surface area contributed by atoms with Gasteiger partial charge in [0.1, 0.15) is 11.9 Å². The highest BCUT2D eigenvalue weighted by atomic mass is 79.9. The van der Waals surface area contributed by atoms with Crippen LogP contribution >= 0.6 is 15.9 Å². The Bertz CT molecular complexity index is 630. The molecule has 0 aliphatic carbocycles. The number of nitrogens with one attached hydrogen (secondary N) is 1. The quantitative estimate of drug-likeness (QED) is 0.887. The van der Waals surface area contributed by atoms with E-state index in [0.717, 1.165) is 23.1 Å². The number of piperidine rings is 1. The molecule has 2 fully saturated rings. The largest absolute Gasteiger partial charge is 0.490 e. The van der Waals surface area contributed by atoms with Gasteiger partial charge in [0.05, 0.1) is 0 Å². The second kappa shape index (κ2) is 5.05. The van der Waals surface area contributed by atoms with Crippen molar-refractivity contribution in [3.63, 3.8) is 0 Å². The van der Waals surface area contributed by atoms with Crippen LogP contribution in [-0.4, -0.2) is 18.2 Å². The topological polar surface area (TPSA) is 21.3 Å². The molecular formula is C17H18BrNO. The second-order valence-electron chi connectivity index (χ2n) is 6.00. The van der Waals surface area contributed by atoms with E-state index in [1.54, 1.807) is 0 Å². The number of hydrogen-bond donors (Lipinski definition) is 1. The van der Waals surface area contributed by atoms with E-state index >= 15 is 0 Å². The summed E-state index contributed by atoms with van der Waals surface area (Å²) in [6.07, 6.45) is 5.30. The van der Waals surface area contributed by atoms with E-state index in [4.69, 9.17) is 4.74 Å². The van der Waals surface area contributed by atoms with Crippen LogP contribution in [0.3, 0.4) is 0 Å². The minimum absolute atomic E-state index is 0.377. The van der Waals surface area contributed by atoms with Crippen molar-refractivity contribution in [3.8, 4) is 5.75 Å². The molecule has 20 heavy (non-hydrogen) atoms.